The Hall–Kier alpha value is -3.00. The predicted molar refractivity (Wildman–Crippen MR) is 123 cm³/mol. The van der Waals surface area contributed by atoms with Crippen LogP contribution in [0.5, 0.6) is 0 Å². The van der Waals surface area contributed by atoms with Crippen molar-refractivity contribution in [3.63, 3.8) is 0 Å². The number of benzene rings is 2. The zero-order valence-electron chi connectivity index (χ0n) is 16.4. The minimum atomic E-state index is -0.494. The van der Waals surface area contributed by atoms with Gasteiger partial charge in [-0.3, -0.25) is 10.1 Å². The summed E-state index contributed by atoms with van der Waals surface area (Å²) < 4.78 is 4.75. The maximum absolute atomic E-state index is 13.2. The van der Waals surface area contributed by atoms with Gasteiger partial charge in [0.25, 0.3) is 5.91 Å². The Kier molecular flexibility index (Phi) is 5.91. The van der Waals surface area contributed by atoms with Gasteiger partial charge in [-0.2, -0.15) is 0 Å². The third kappa shape index (κ3) is 4.25. The quantitative estimate of drug-likeness (QED) is 0.368. The average molecular weight is 472 g/mol. The van der Waals surface area contributed by atoms with Crippen molar-refractivity contribution < 1.29 is 14.3 Å². The molecule has 0 fully saturated rings. The molecule has 0 atom stereocenters. The third-order valence-corrected chi connectivity index (χ3v) is 6.36. The molecule has 2 aromatic carbocycles. The number of aromatic nitrogens is 2. The lowest BCUT2D eigenvalue weighted by Gasteiger charge is -2.10. The monoisotopic (exact) mass is 471 g/mol. The van der Waals surface area contributed by atoms with E-state index in [1.54, 1.807) is 31.2 Å². The topological polar surface area (TPSA) is 81.2 Å². The van der Waals surface area contributed by atoms with Gasteiger partial charge in [-0.05, 0) is 31.2 Å². The molecule has 1 amide bonds. The van der Waals surface area contributed by atoms with Crippen molar-refractivity contribution in [2.24, 2.45) is 0 Å². The normalized spacial score (nSPS) is 10.8. The molecule has 0 aliphatic carbocycles. The first-order valence-electron chi connectivity index (χ1n) is 9.09. The predicted octanol–water partition coefficient (Wildman–Crippen LogP) is 6.01. The van der Waals surface area contributed by atoms with Crippen LogP contribution in [0, 0.1) is 6.92 Å². The van der Waals surface area contributed by atoms with Crippen LogP contribution < -0.4 is 5.32 Å². The van der Waals surface area contributed by atoms with E-state index in [2.05, 4.69) is 15.3 Å². The first kappa shape index (κ1) is 21.2. The molecule has 1 N–H and O–H groups in total. The molecule has 2 heterocycles. The second kappa shape index (κ2) is 8.63. The van der Waals surface area contributed by atoms with Gasteiger partial charge in [0.2, 0.25) is 0 Å². The van der Waals surface area contributed by atoms with Gasteiger partial charge in [-0.1, -0.05) is 58.8 Å². The first-order chi connectivity index (χ1) is 14.9. The number of anilines is 1. The van der Waals surface area contributed by atoms with E-state index < -0.39 is 5.97 Å². The number of nitrogens with one attached hydrogen (secondary N) is 1. The highest BCUT2D eigenvalue weighted by Gasteiger charge is 2.19. The lowest BCUT2D eigenvalue weighted by molar-refractivity contribution is 0.0605. The van der Waals surface area contributed by atoms with Crippen molar-refractivity contribution in [3.05, 3.63) is 74.7 Å². The minimum absolute atomic E-state index is 0.305. The number of hydrogen-bond acceptors (Lipinski definition) is 6. The van der Waals surface area contributed by atoms with E-state index in [4.69, 9.17) is 27.9 Å². The number of para-hydroxylation sites is 1. The van der Waals surface area contributed by atoms with Crippen molar-refractivity contribution in [1.82, 2.24) is 9.97 Å². The number of methoxy groups -OCH3 is 1. The Bertz CT molecular complexity index is 1340. The molecule has 0 saturated heterocycles. The van der Waals surface area contributed by atoms with Crippen LogP contribution in [0.4, 0.5) is 5.13 Å². The number of ether oxygens (including phenoxy) is 1. The molecule has 0 saturated carbocycles. The third-order valence-electron chi connectivity index (χ3n) is 4.56. The molecule has 9 heteroatoms. The Morgan fingerprint density at radius 3 is 2.55 bits per heavy atom. The SMILES string of the molecule is COC(=O)c1sc(NC(=O)c2cc(-c3ccc(Cl)c(Cl)c3)nc3ccccc23)nc1C. The van der Waals surface area contributed by atoms with Gasteiger partial charge >= 0.3 is 5.97 Å². The Morgan fingerprint density at radius 1 is 1.03 bits per heavy atom. The van der Waals surface area contributed by atoms with Gasteiger partial charge < -0.3 is 4.74 Å². The molecule has 0 spiro atoms. The lowest BCUT2D eigenvalue weighted by atomic mass is 10.0. The number of amides is 1. The Morgan fingerprint density at radius 2 is 1.81 bits per heavy atom. The van der Waals surface area contributed by atoms with Gasteiger partial charge in [-0.15, -0.1) is 0 Å². The van der Waals surface area contributed by atoms with E-state index in [1.807, 2.05) is 24.3 Å². The molecule has 4 aromatic rings. The maximum Gasteiger partial charge on any atom is 0.350 e. The number of nitrogens with zero attached hydrogens (tertiary/aromatic N) is 2. The van der Waals surface area contributed by atoms with Crippen LogP contribution in [0.2, 0.25) is 10.0 Å². The van der Waals surface area contributed by atoms with Crippen LogP contribution in [0.15, 0.2) is 48.5 Å². The number of pyridine rings is 1. The van der Waals surface area contributed by atoms with Gasteiger partial charge in [0.05, 0.1) is 39.6 Å². The van der Waals surface area contributed by atoms with E-state index in [9.17, 15) is 9.59 Å². The zero-order valence-corrected chi connectivity index (χ0v) is 18.7. The number of carbonyl (C=O) groups excluding carboxylic acids is 2. The van der Waals surface area contributed by atoms with Crippen molar-refractivity contribution in [2.45, 2.75) is 6.92 Å². The van der Waals surface area contributed by atoms with Crippen molar-refractivity contribution in [2.75, 3.05) is 12.4 Å². The Balaban J connectivity index is 1.76. The molecule has 0 bridgehead atoms. The number of carbonyl (C=O) groups is 2. The maximum atomic E-state index is 13.2. The lowest BCUT2D eigenvalue weighted by Crippen LogP contribution is -2.13. The molecule has 4 rings (SSSR count). The fourth-order valence-corrected chi connectivity index (χ4v) is 4.24. The molecule has 0 aliphatic rings. The number of hydrogen-bond donors (Lipinski definition) is 1. The molecule has 0 radical (unpaired) electrons. The number of thiazole rings is 1. The van der Waals surface area contributed by atoms with Gasteiger partial charge in [0.1, 0.15) is 4.88 Å². The second-order valence-electron chi connectivity index (χ2n) is 6.58. The van der Waals surface area contributed by atoms with Gasteiger partial charge in [0, 0.05) is 10.9 Å². The first-order valence-corrected chi connectivity index (χ1v) is 10.7. The number of rotatable bonds is 4. The molecular weight excluding hydrogens is 457 g/mol. The fraction of sp³-hybridized carbons (Fsp3) is 0.0909. The van der Waals surface area contributed by atoms with Crippen LogP contribution in [0.25, 0.3) is 22.2 Å². The average Bonchev–Trinajstić information content (AvgIpc) is 3.14. The molecule has 0 aliphatic heterocycles. The van der Waals surface area contributed by atoms with Crippen molar-refractivity contribution >= 4 is 62.4 Å². The summed E-state index contributed by atoms with van der Waals surface area (Å²) in [5.74, 6) is -0.864. The molecule has 6 nitrogen and oxygen atoms in total. The molecule has 31 heavy (non-hydrogen) atoms. The fourth-order valence-electron chi connectivity index (χ4n) is 3.06. The highest BCUT2D eigenvalue weighted by Crippen LogP contribution is 2.31. The van der Waals surface area contributed by atoms with Crippen LogP contribution in [0.3, 0.4) is 0 Å². The summed E-state index contributed by atoms with van der Waals surface area (Å²) in [6.45, 7) is 1.68. The smallest absolute Gasteiger partial charge is 0.350 e. The van der Waals surface area contributed by atoms with Gasteiger partial charge in [-0.25, -0.2) is 14.8 Å². The number of aryl methyl sites for hydroxylation is 1. The molecule has 156 valence electrons. The van der Waals surface area contributed by atoms with E-state index >= 15 is 0 Å². The highest BCUT2D eigenvalue weighted by atomic mass is 35.5. The van der Waals surface area contributed by atoms with Crippen LogP contribution in [0.1, 0.15) is 25.7 Å². The number of fused-ring (bicyclic) bond motifs is 1. The Labute approximate surface area is 191 Å². The molecule has 2 aromatic heterocycles. The number of halogens is 2. The van der Waals surface area contributed by atoms with Crippen LogP contribution in [-0.2, 0) is 4.74 Å². The minimum Gasteiger partial charge on any atom is -0.465 e. The standard InChI is InChI=1S/C22H15Cl2N3O3S/c1-11-19(21(29)30-2)31-22(25-11)27-20(28)14-10-18(12-7-8-15(23)16(24)9-12)26-17-6-4-3-5-13(14)17/h3-10H,1-2H3,(H,25,27,28). The summed E-state index contributed by atoms with van der Waals surface area (Å²) in [4.78, 5) is 34.3. The van der Waals surface area contributed by atoms with Crippen LogP contribution in [-0.4, -0.2) is 29.0 Å². The van der Waals surface area contributed by atoms with Crippen molar-refractivity contribution in [3.8, 4) is 11.3 Å². The van der Waals surface area contributed by atoms with E-state index in [0.717, 1.165) is 16.9 Å². The largest absolute Gasteiger partial charge is 0.465 e. The molecule has 0 unspecified atom stereocenters. The van der Waals surface area contributed by atoms with Crippen LogP contribution >= 0.6 is 34.5 Å². The van der Waals surface area contributed by atoms with Gasteiger partial charge in [0.15, 0.2) is 5.13 Å². The summed E-state index contributed by atoms with van der Waals surface area (Å²) >= 11 is 13.2. The second-order valence-corrected chi connectivity index (χ2v) is 8.39. The van der Waals surface area contributed by atoms with E-state index in [-0.39, 0.29) is 5.91 Å². The number of esters is 1. The zero-order chi connectivity index (χ0) is 22.1. The molecular formula is C22H15Cl2N3O3S. The summed E-state index contributed by atoms with van der Waals surface area (Å²) in [5, 5.41) is 4.60. The summed E-state index contributed by atoms with van der Waals surface area (Å²) in [6.07, 6.45) is 0. The van der Waals surface area contributed by atoms with Crippen molar-refractivity contribution in [1.29, 1.82) is 0 Å². The summed E-state index contributed by atoms with van der Waals surface area (Å²) in [7, 11) is 1.30. The summed E-state index contributed by atoms with van der Waals surface area (Å²) in [6, 6.07) is 14.2. The van der Waals surface area contributed by atoms with E-state index in [0.29, 0.717) is 47.9 Å². The highest BCUT2D eigenvalue weighted by molar-refractivity contribution is 7.17. The summed E-state index contributed by atoms with van der Waals surface area (Å²) in [5.41, 5.74) is 2.87. The van der Waals surface area contributed by atoms with E-state index in [1.165, 1.54) is 7.11 Å².